The van der Waals surface area contributed by atoms with E-state index in [1.165, 1.54) is 5.56 Å². The summed E-state index contributed by atoms with van der Waals surface area (Å²) in [6.45, 7) is 5.00. The first-order valence-electron chi connectivity index (χ1n) is 6.23. The fourth-order valence-electron chi connectivity index (χ4n) is 2.42. The van der Waals surface area contributed by atoms with E-state index in [0.29, 0.717) is 6.42 Å². The van der Waals surface area contributed by atoms with Gasteiger partial charge in [0.2, 0.25) is 5.91 Å². The Morgan fingerprint density at radius 3 is 2.59 bits per heavy atom. The number of nitrogens with one attached hydrogen (secondary N) is 1. The minimum absolute atomic E-state index is 0.260. The second-order valence-corrected chi connectivity index (χ2v) is 4.71. The Bertz CT molecular complexity index is 440. The number of anilines is 2. The molecule has 0 spiro atoms. The molecule has 1 saturated heterocycles. The van der Waals surface area contributed by atoms with Crippen molar-refractivity contribution in [3.05, 3.63) is 23.3 Å². The fourth-order valence-corrected chi connectivity index (χ4v) is 2.42. The van der Waals surface area contributed by atoms with Gasteiger partial charge in [0.05, 0.1) is 0 Å². The number of benzene rings is 1. The van der Waals surface area contributed by atoms with Crippen LogP contribution in [-0.4, -0.2) is 19.5 Å². The third-order valence-electron chi connectivity index (χ3n) is 3.43. The molecule has 1 aromatic carbocycles. The summed E-state index contributed by atoms with van der Waals surface area (Å²) in [5.41, 5.74) is 4.56. The average molecular weight is 232 g/mol. The smallest absolute Gasteiger partial charge is 0.226 e. The number of piperidine rings is 1. The van der Waals surface area contributed by atoms with Gasteiger partial charge in [-0.2, -0.15) is 0 Å². The summed E-state index contributed by atoms with van der Waals surface area (Å²) < 4.78 is 0. The Hall–Kier alpha value is -1.51. The number of nitrogens with zero attached hydrogens (tertiary/aromatic N) is 1. The van der Waals surface area contributed by atoms with E-state index < -0.39 is 0 Å². The highest BCUT2D eigenvalue weighted by molar-refractivity contribution is 5.95. The summed E-state index contributed by atoms with van der Waals surface area (Å²) in [4.78, 5) is 13.9. The SMILES string of the molecule is CNc1cc(C)c(N2CCCCC2=O)cc1C. The van der Waals surface area contributed by atoms with Crippen LogP contribution < -0.4 is 10.2 Å². The van der Waals surface area contributed by atoms with Crippen LogP contribution in [0.15, 0.2) is 12.1 Å². The monoisotopic (exact) mass is 232 g/mol. The summed E-state index contributed by atoms with van der Waals surface area (Å²) in [5.74, 6) is 0.260. The largest absolute Gasteiger partial charge is 0.388 e. The molecule has 1 amide bonds. The number of carbonyl (C=O) groups is 1. The van der Waals surface area contributed by atoms with Crippen LogP contribution in [0.25, 0.3) is 0 Å². The maximum absolute atomic E-state index is 11.9. The van der Waals surface area contributed by atoms with Gasteiger partial charge in [-0.3, -0.25) is 4.79 Å². The molecular formula is C14H20N2O. The number of rotatable bonds is 2. The van der Waals surface area contributed by atoms with Gasteiger partial charge in [-0.25, -0.2) is 0 Å². The van der Waals surface area contributed by atoms with Crippen molar-refractivity contribution in [3.8, 4) is 0 Å². The highest BCUT2D eigenvalue weighted by atomic mass is 16.2. The van der Waals surface area contributed by atoms with E-state index in [0.717, 1.165) is 36.3 Å². The molecule has 0 aliphatic carbocycles. The number of amides is 1. The van der Waals surface area contributed by atoms with Crippen LogP contribution in [0, 0.1) is 13.8 Å². The summed E-state index contributed by atoms with van der Waals surface area (Å²) >= 11 is 0. The van der Waals surface area contributed by atoms with Crippen LogP contribution in [-0.2, 0) is 4.79 Å². The first kappa shape index (κ1) is 12.0. The van der Waals surface area contributed by atoms with E-state index in [-0.39, 0.29) is 5.91 Å². The van der Waals surface area contributed by atoms with Gasteiger partial charge in [-0.15, -0.1) is 0 Å². The van der Waals surface area contributed by atoms with E-state index in [2.05, 4.69) is 31.3 Å². The van der Waals surface area contributed by atoms with Crippen LogP contribution in [0.1, 0.15) is 30.4 Å². The molecule has 3 nitrogen and oxygen atoms in total. The van der Waals surface area contributed by atoms with Gasteiger partial charge in [0.1, 0.15) is 0 Å². The number of carbonyl (C=O) groups excluding carboxylic acids is 1. The van der Waals surface area contributed by atoms with Gasteiger partial charge in [0.15, 0.2) is 0 Å². The predicted molar refractivity (Wildman–Crippen MR) is 71.7 cm³/mol. The second kappa shape index (κ2) is 4.78. The first-order chi connectivity index (χ1) is 8.13. The Balaban J connectivity index is 2.38. The molecule has 1 fully saturated rings. The topological polar surface area (TPSA) is 32.3 Å². The Morgan fingerprint density at radius 2 is 1.94 bits per heavy atom. The van der Waals surface area contributed by atoms with Crippen LogP contribution in [0.3, 0.4) is 0 Å². The maximum atomic E-state index is 11.9. The van der Waals surface area contributed by atoms with Crippen LogP contribution in [0.2, 0.25) is 0 Å². The second-order valence-electron chi connectivity index (χ2n) is 4.71. The van der Waals surface area contributed by atoms with Crippen LogP contribution >= 0.6 is 0 Å². The summed E-state index contributed by atoms with van der Waals surface area (Å²) in [7, 11) is 1.92. The van der Waals surface area contributed by atoms with Gasteiger partial charge >= 0.3 is 0 Å². The van der Waals surface area contributed by atoms with Crippen molar-refractivity contribution in [2.24, 2.45) is 0 Å². The van der Waals surface area contributed by atoms with Gasteiger partial charge in [-0.1, -0.05) is 0 Å². The average Bonchev–Trinajstić information content (AvgIpc) is 2.32. The van der Waals surface area contributed by atoms with Crippen LogP contribution in [0.5, 0.6) is 0 Å². The third-order valence-corrected chi connectivity index (χ3v) is 3.43. The fraction of sp³-hybridized carbons (Fsp3) is 0.500. The molecule has 2 rings (SSSR count). The normalized spacial score (nSPS) is 16.2. The van der Waals surface area contributed by atoms with Crippen LogP contribution in [0.4, 0.5) is 11.4 Å². The van der Waals surface area contributed by atoms with E-state index in [1.54, 1.807) is 0 Å². The molecule has 3 heteroatoms. The maximum Gasteiger partial charge on any atom is 0.226 e. The third kappa shape index (κ3) is 2.28. The molecule has 0 radical (unpaired) electrons. The Morgan fingerprint density at radius 1 is 1.18 bits per heavy atom. The molecule has 1 aromatic rings. The quantitative estimate of drug-likeness (QED) is 0.850. The zero-order chi connectivity index (χ0) is 12.4. The molecule has 17 heavy (non-hydrogen) atoms. The van der Waals surface area contributed by atoms with Crippen molar-refractivity contribution in [3.63, 3.8) is 0 Å². The lowest BCUT2D eigenvalue weighted by Gasteiger charge is -2.29. The lowest BCUT2D eigenvalue weighted by molar-refractivity contribution is -0.119. The van der Waals surface area contributed by atoms with Gasteiger partial charge in [0, 0.05) is 31.4 Å². The van der Waals surface area contributed by atoms with Gasteiger partial charge < -0.3 is 10.2 Å². The standard InChI is InChI=1S/C14H20N2O/c1-10-9-13(11(2)8-12(10)15-3)16-7-5-4-6-14(16)17/h8-9,15H,4-7H2,1-3H3. The predicted octanol–water partition coefficient (Wildman–Crippen LogP) is 2.86. The minimum atomic E-state index is 0.260. The van der Waals surface area contributed by atoms with Crippen molar-refractivity contribution in [1.29, 1.82) is 0 Å². The van der Waals surface area contributed by atoms with E-state index in [9.17, 15) is 4.79 Å². The summed E-state index contributed by atoms with van der Waals surface area (Å²) in [6.07, 6.45) is 2.83. The molecule has 1 aliphatic heterocycles. The lowest BCUT2D eigenvalue weighted by atomic mass is 10.0. The summed E-state index contributed by atoms with van der Waals surface area (Å²) in [6, 6.07) is 4.23. The Kier molecular flexibility index (Phi) is 3.36. The van der Waals surface area contributed by atoms with Gasteiger partial charge in [0.25, 0.3) is 0 Å². The van der Waals surface area contributed by atoms with Crippen molar-refractivity contribution in [2.45, 2.75) is 33.1 Å². The van der Waals surface area contributed by atoms with E-state index in [4.69, 9.17) is 0 Å². The molecule has 1 heterocycles. The first-order valence-corrected chi connectivity index (χ1v) is 6.23. The number of aryl methyl sites for hydroxylation is 2. The number of hydrogen-bond donors (Lipinski definition) is 1. The van der Waals surface area contributed by atoms with E-state index >= 15 is 0 Å². The Labute approximate surface area is 103 Å². The van der Waals surface area contributed by atoms with E-state index in [1.807, 2.05) is 11.9 Å². The molecule has 0 saturated carbocycles. The zero-order valence-corrected chi connectivity index (χ0v) is 10.8. The van der Waals surface area contributed by atoms with Crippen molar-refractivity contribution in [2.75, 3.05) is 23.8 Å². The van der Waals surface area contributed by atoms with Gasteiger partial charge in [-0.05, 0) is 49.9 Å². The molecule has 0 unspecified atom stereocenters. The number of hydrogen-bond acceptors (Lipinski definition) is 2. The molecule has 0 aromatic heterocycles. The van der Waals surface area contributed by atoms with Crippen molar-refractivity contribution in [1.82, 2.24) is 0 Å². The zero-order valence-electron chi connectivity index (χ0n) is 10.8. The highest BCUT2D eigenvalue weighted by Crippen LogP contribution is 2.29. The highest BCUT2D eigenvalue weighted by Gasteiger charge is 2.21. The molecular weight excluding hydrogens is 212 g/mol. The van der Waals surface area contributed by atoms with Crippen molar-refractivity contribution < 1.29 is 4.79 Å². The lowest BCUT2D eigenvalue weighted by Crippen LogP contribution is -2.35. The molecule has 0 atom stereocenters. The molecule has 1 aliphatic rings. The molecule has 0 bridgehead atoms. The minimum Gasteiger partial charge on any atom is -0.388 e. The molecule has 92 valence electrons. The summed E-state index contributed by atoms with van der Waals surface area (Å²) in [5, 5.41) is 3.17. The van der Waals surface area contributed by atoms with Crippen molar-refractivity contribution >= 4 is 17.3 Å². The molecule has 1 N–H and O–H groups in total.